The van der Waals surface area contributed by atoms with Gasteiger partial charge in [0.25, 0.3) is 5.56 Å². The number of aromatic nitrogens is 4. The van der Waals surface area contributed by atoms with Crippen molar-refractivity contribution in [2.24, 2.45) is 0 Å². The van der Waals surface area contributed by atoms with Gasteiger partial charge in [0.2, 0.25) is 10.5 Å². The minimum absolute atomic E-state index is 0.0380. The van der Waals surface area contributed by atoms with Crippen LogP contribution in [-0.2, 0) is 18.0 Å². The van der Waals surface area contributed by atoms with Crippen molar-refractivity contribution in [3.8, 4) is 0 Å². The van der Waals surface area contributed by atoms with Crippen LogP contribution in [0.5, 0.6) is 0 Å². The number of rotatable bonds is 7. The second-order valence-electron chi connectivity index (χ2n) is 7.87. The molecule has 0 radical (unpaired) electrons. The maximum Gasteiger partial charge on any atom is 0.262 e. The van der Waals surface area contributed by atoms with Crippen molar-refractivity contribution in [2.45, 2.75) is 38.5 Å². The summed E-state index contributed by atoms with van der Waals surface area (Å²) >= 11 is 7.67. The highest BCUT2D eigenvalue weighted by Gasteiger charge is 2.28. The molecule has 1 fully saturated rings. The van der Waals surface area contributed by atoms with E-state index in [1.54, 1.807) is 23.0 Å². The van der Waals surface area contributed by atoms with Crippen LogP contribution in [0.3, 0.4) is 0 Å². The zero-order chi connectivity index (χ0) is 21.4. The fourth-order valence-corrected chi connectivity index (χ4v) is 5.67. The number of aryl methyl sites for hydroxylation is 1. The molecular formula is C22H25N5O2S2. The molecule has 5 rings (SSSR count). The molecule has 1 saturated heterocycles. The Morgan fingerprint density at radius 2 is 2.13 bits per heavy atom. The molecule has 0 amide bonds. The Bertz CT molecular complexity index is 1320. The molecular weight excluding hydrogens is 430 g/mol. The van der Waals surface area contributed by atoms with Gasteiger partial charge in [-0.15, -0.1) is 16.4 Å². The summed E-state index contributed by atoms with van der Waals surface area (Å²) in [6.45, 7) is 2.75. The third-order valence-corrected chi connectivity index (χ3v) is 7.33. The minimum atomic E-state index is -0.0380. The topological polar surface area (TPSA) is 56.7 Å². The normalized spacial score (nSPS) is 17.3. The maximum atomic E-state index is 13.2. The van der Waals surface area contributed by atoms with Gasteiger partial charge in [0.05, 0.1) is 17.6 Å². The molecule has 3 aromatic heterocycles. The molecule has 1 aliphatic rings. The molecule has 1 unspecified atom stereocenters. The highest BCUT2D eigenvalue weighted by Crippen LogP contribution is 2.34. The number of ether oxygens (including phenoxy) is 1. The van der Waals surface area contributed by atoms with E-state index in [2.05, 4.69) is 22.4 Å². The molecule has 0 bridgehead atoms. The Morgan fingerprint density at radius 1 is 1.26 bits per heavy atom. The van der Waals surface area contributed by atoms with Crippen LogP contribution in [0.25, 0.3) is 16.7 Å². The van der Waals surface area contributed by atoms with Gasteiger partial charge in [-0.1, -0.05) is 18.2 Å². The Hall–Kier alpha value is -2.33. The monoisotopic (exact) mass is 455 g/mol. The van der Waals surface area contributed by atoms with Gasteiger partial charge in [-0.05, 0) is 55.1 Å². The van der Waals surface area contributed by atoms with Gasteiger partial charge in [0.15, 0.2) is 0 Å². The average molecular weight is 456 g/mol. The third-order valence-electron chi connectivity index (χ3n) is 5.97. The predicted octanol–water partition coefficient (Wildman–Crippen LogP) is 4.07. The Kier molecular flexibility index (Phi) is 5.75. The highest BCUT2D eigenvalue weighted by molar-refractivity contribution is 7.71. The molecule has 0 N–H and O–H groups in total. The molecule has 1 atom stereocenters. The summed E-state index contributed by atoms with van der Waals surface area (Å²) in [5.41, 5.74) is 0.766. The number of benzene rings is 1. The molecule has 31 heavy (non-hydrogen) atoms. The van der Waals surface area contributed by atoms with Gasteiger partial charge in [0, 0.05) is 37.7 Å². The standard InChI is InChI=1S/C22H25N5O2S2/c1-29-13-6-12-25-20(28)16-7-2-3-8-17(16)27-21(25)23-26(22(27)30)15-24-11-4-9-18(24)19-10-5-14-31-19/h2-3,5,7-8,10,14,18H,4,6,9,11-13,15H2,1H3. The summed E-state index contributed by atoms with van der Waals surface area (Å²) in [5.74, 6) is 0.594. The van der Waals surface area contributed by atoms with Crippen LogP contribution in [0, 0.1) is 4.77 Å². The molecule has 1 aromatic carbocycles. The molecule has 4 aromatic rings. The van der Waals surface area contributed by atoms with E-state index < -0.39 is 0 Å². The van der Waals surface area contributed by atoms with Crippen LogP contribution < -0.4 is 5.56 Å². The molecule has 4 heterocycles. The van der Waals surface area contributed by atoms with Crippen LogP contribution in [0.15, 0.2) is 46.6 Å². The van der Waals surface area contributed by atoms with Crippen LogP contribution >= 0.6 is 23.6 Å². The summed E-state index contributed by atoms with van der Waals surface area (Å²) < 4.78 is 11.3. The van der Waals surface area contributed by atoms with Crippen molar-refractivity contribution in [1.82, 2.24) is 23.6 Å². The van der Waals surface area contributed by atoms with E-state index in [1.165, 1.54) is 4.88 Å². The van der Waals surface area contributed by atoms with Crippen LogP contribution in [-0.4, -0.2) is 43.9 Å². The lowest BCUT2D eigenvalue weighted by Crippen LogP contribution is -2.26. The summed E-state index contributed by atoms with van der Waals surface area (Å²) in [4.78, 5) is 17.0. The summed E-state index contributed by atoms with van der Waals surface area (Å²) in [7, 11) is 1.67. The average Bonchev–Trinajstić information content (AvgIpc) is 3.52. The molecule has 0 aliphatic carbocycles. The van der Waals surface area contributed by atoms with Gasteiger partial charge in [-0.2, -0.15) is 0 Å². The minimum Gasteiger partial charge on any atom is -0.385 e. The van der Waals surface area contributed by atoms with Gasteiger partial charge >= 0.3 is 0 Å². The van der Waals surface area contributed by atoms with E-state index in [0.717, 1.165) is 31.3 Å². The van der Waals surface area contributed by atoms with E-state index in [1.807, 2.05) is 33.3 Å². The van der Waals surface area contributed by atoms with Gasteiger partial charge in [0.1, 0.15) is 0 Å². The Labute approximate surface area is 189 Å². The first-order valence-corrected chi connectivity index (χ1v) is 11.9. The number of methoxy groups -OCH3 is 1. The first kappa shape index (κ1) is 20.6. The lowest BCUT2D eigenvalue weighted by molar-refractivity contribution is 0.189. The number of nitrogens with zero attached hydrogens (tertiary/aromatic N) is 5. The van der Waals surface area contributed by atoms with Crippen molar-refractivity contribution in [1.29, 1.82) is 0 Å². The number of hydrogen-bond donors (Lipinski definition) is 0. The van der Waals surface area contributed by atoms with Gasteiger partial charge in [-0.25, -0.2) is 4.68 Å². The number of hydrogen-bond acceptors (Lipinski definition) is 6. The summed E-state index contributed by atoms with van der Waals surface area (Å²) in [5, 5.41) is 7.63. The van der Waals surface area contributed by atoms with Gasteiger partial charge in [-0.3, -0.25) is 18.7 Å². The highest BCUT2D eigenvalue weighted by atomic mass is 32.1. The second kappa shape index (κ2) is 8.66. The van der Waals surface area contributed by atoms with E-state index in [-0.39, 0.29) is 5.56 Å². The first-order chi connectivity index (χ1) is 15.2. The predicted molar refractivity (Wildman–Crippen MR) is 125 cm³/mol. The van der Waals surface area contributed by atoms with Crippen molar-refractivity contribution in [2.75, 3.05) is 20.3 Å². The summed E-state index contributed by atoms with van der Waals surface area (Å²) in [6.07, 6.45) is 3.04. The summed E-state index contributed by atoms with van der Waals surface area (Å²) in [6, 6.07) is 12.3. The molecule has 1 aliphatic heterocycles. The lowest BCUT2D eigenvalue weighted by Gasteiger charge is -2.23. The number of para-hydroxylation sites is 1. The number of fused-ring (bicyclic) bond motifs is 3. The zero-order valence-corrected chi connectivity index (χ0v) is 19.1. The third kappa shape index (κ3) is 3.65. The smallest absolute Gasteiger partial charge is 0.262 e. The second-order valence-corrected chi connectivity index (χ2v) is 9.21. The number of likely N-dealkylation sites (tertiary alicyclic amines) is 1. The maximum absolute atomic E-state index is 13.2. The largest absolute Gasteiger partial charge is 0.385 e. The van der Waals surface area contributed by atoms with E-state index in [0.29, 0.717) is 41.8 Å². The van der Waals surface area contributed by atoms with Crippen molar-refractivity contribution in [3.63, 3.8) is 0 Å². The van der Waals surface area contributed by atoms with Crippen LogP contribution in [0.2, 0.25) is 0 Å². The van der Waals surface area contributed by atoms with E-state index >= 15 is 0 Å². The van der Waals surface area contributed by atoms with Gasteiger partial charge < -0.3 is 4.74 Å². The van der Waals surface area contributed by atoms with Crippen molar-refractivity contribution >= 4 is 40.2 Å². The van der Waals surface area contributed by atoms with E-state index in [9.17, 15) is 4.79 Å². The lowest BCUT2D eigenvalue weighted by atomic mass is 10.2. The van der Waals surface area contributed by atoms with E-state index in [4.69, 9.17) is 22.1 Å². The SMILES string of the molecule is COCCCn1c(=O)c2ccccc2n2c(=S)n(CN3CCCC3c3cccs3)nc12. The quantitative estimate of drug-likeness (QED) is 0.311. The fourth-order valence-electron chi connectivity index (χ4n) is 4.50. The molecule has 0 saturated carbocycles. The van der Waals surface area contributed by atoms with Crippen molar-refractivity contribution in [3.05, 3.63) is 61.8 Å². The first-order valence-electron chi connectivity index (χ1n) is 10.6. The van der Waals surface area contributed by atoms with Crippen molar-refractivity contribution < 1.29 is 4.74 Å². The Balaban J connectivity index is 1.61. The molecule has 9 heteroatoms. The fraction of sp³-hybridized carbons (Fsp3) is 0.409. The van der Waals surface area contributed by atoms with Crippen LogP contribution in [0.1, 0.15) is 30.2 Å². The molecule has 7 nitrogen and oxygen atoms in total. The number of thiophene rings is 1. The molecule has 162 valence electrons. The molecule has 0 spiro atoms. The Morgan fingerprint density at radius 3 is 2.94 bits per heavy atom. The van der Waals surface area contributed by atoms with Crippen LogP contribution in [0.4, 0.5) is 0 Å². The zero-order valence-electron chi connectivity index (χ0n) is 17.4.